The first-order valence-electron chi connectivity index (χ1n) is 8.59. The largest absolute Gasteiger partial charge is 0.350 e. The van der Waals surface area contributed by atoms with Crippen molar-refractivity contribution in [3.05, 3.63) is 50.7 Å². The third kappa shape index (κ3) is 6.00. The van der Waals surface area contributed by atoms with Crippen molar-refractivity contribution >= 4 is 52.9 Å². The average molecular weight is 524 g/mol. The molecule has 5 nitrogen and oxygen atoms in total. The van der Waals surface area contributed by atoms with Gasteiger partial charge < -0.3 is 10.2 Å². The van der Waals surface area contributed by atoms with Gasteiger partial charge in [0.15, 0.2) is 5.96 Å². The predicted molar refractivity (Wildman–Crippen MR) is 121 cm³/mol. The van der Waals surface area contributed by atoms with Gasteiger partial charge in [-0.3, -0.25) is 9.89 Å². The first kappa shape index (κ1) is 22.3. The lowest BCUT2D eigenvalue weighted by Crippen LogP contribution is -2.52. The molecule has 0 amide bonds. The lowest BCUT2D eigenvalue weighted by atomic mass is 10.2. The Bertz CT molecular complexity index is 757. The Balaban J connectivity index is 0.00000261. The van der Waals surface area contributed by atoms with Crippen LogP contribution in [0.3, 0.4) is 0 Å². The molecular weight excluding hydrogens is 500 g/mol. The highest BCUT2D eigenvalue weighted by molar-refractivity contribution is 14.0. The molecule has 0 bridgehead atoms. The third-order valence-electron chi connectivity index (χ3n) is 4.39. The van der Waals surface area contributed by atoms with E-state index in [4.69, 9.17) is 11.6 Å². The number of thiazole rings is 1. The van der Waals surface area contributed by atoms with Crippen molar-refractivity contribution in [2.24, 2.45) is 4.99 Å². The molecule has 27 heavy (non-hydrogen) atoms. The zero-order chi connectivity index (χ0) is 18.5. The normalized spacial score (nSPS) is 15.6. The number of hydrogen-bond acceptors (Lipinski definition) is 4. The maximum atomic E-state index is 14.0. The lowest BCUT2D eigenvalue weighted by Gasteiger charge is -2.36. The number of aliphatic imine (C=N–C) groups is 1. The van der Waals surface area contributed by atoms with Gasteiger partial charge in [0.05, 0.1) is 6.54 Å². The number of rotatable bonds is 4. The van der Waals surface area contributed by atoms with Gasteiger partial charge in [-0.15, -0.1) is 35.3 Å². The number of piperazine rings is 1. The number of nitrogens with one attached hydrogen (secondary N) is 1. The molecule has 2 heterocycles. The van der Waals surface area contributed by atoms with Gasteiger partial charge in [-0.2, -0.15) is 0 Å². The average Bonchev–Trinajstić information content (AvgIpc) is 3.05. The van der Waals surface area contributed by atoms with Crippen molar-refractivity contribution in [1.82, 2.24) is 20.1 Å². The minimum absolute atomic E-state index is 0. The highest BCUT2D eigenvalue weighted by Gasteiger charge is 2.21. The van der Waals surface area contributed by atoms with Crippen LogP contribution in [0, 0.1) is 12.7 Å². The van der Waals surface area contributed by atoms with Gasteiger partial charge >= 0.3 is 0 Å². The Morgan fingerprint density at radius 2 is 2.07 bits per heavy atom. The molecule has 0 spiro atoms. The van der Waals surface area contributed by atoms with Crippen LogP contribution in [0.4, 0.5) is 4.39 Å². The van der Waals surface area contributed by atoms with Crippen molar-refractivity contribution in [1.29, 1.82) is 0 Å². The molecule has 9 heteroatoms. The molecule has 1 saturated heterocycles. The van der Waals surface area contributed by atoms with Crippen LogP contribution in [0.15, 0.2) is 29.4 Å². The van der Waals surface area contributed by atoms with Gasteiger partial charge in [0.25, 0.3) is 0 Å². The Morgan fingerprint density at radius 3 is 2.67 bits per heavy atom. The smallest absolute Gasteiger partial charge is 0.194 e. The number of aryl methyl sites for hydroxylation is 1. The fourth-order valence-corrected chi connectivity index (χ4v) is 3.94. The van der Waals surface area contributed by atoms with E-state index in [-0.39, 0.29) is 29.8 Å². The van der Waals surface area contributed by atoms with Crippen LogP contribution in [0.5, 0.6) is 0 Å². The minimum Gasteiger partial charge on any atom is -0.350 e. The molecule has 1 fully saturated rings. The molecule has 1 N–H and O–H groups in total. The highest BCUT2D eigenvalue weighted by atomic mass is 127. The maximum Gasteiger partial charge on any atom is 0.194 e. The molecule has 2 aromatic rings. The first-order chi connectivity index (χ1) is 12.6. The molecule has 1 aromatic heterocycles. The Labute approximate surface area is 185 Å². The monoisotopic (exact) mass is 523 g/mol. The van der Waals surface area contributed by atoms with Gasteiger partial charge in [0, 0.05) is 61.4 Å². The Hall–Kier alpha value is -0.970. The van der Waals surface area contributed by atoms with E-state index >= 15 is 0 Å². The summed E-state index contributed by atoms with van der Waals surface area (Å²) in [5.74, 6) is 0.637. The van der Waals surface area contributed by atoms with E-state index in [0.29, 0.717) is 23.7 Å². The summed E-state index contributed by atoms with van der Waals surface area (Å²) in [4.78, 5) is 14.4. The summed E-state index contributed by atoms with van der Waals surface area (Å²) in [5, 5.41) is 4.92. The molecule has 148 valence electrons. The number of aromatic nitrogens is 1. The predicted octanol–water partition coefficient (Wildman–Crippen LogP) is 3.76. The van der Waals surface area contributed by atoms with E-state index in [2.05, 4.69) is 32.0 Å². The Kier molecular flexibility index (Phi) is 8.71. The van der Waals surface area contributed by atoms with E-state index < -0.39 is 0 Å². The van der Waals surface area contributed by atoms with Crippen LogP contribution in [-0.2, 0) is 13.1 Å². The van der Waals surface area contributed by atoms with E-state index in [1.165, 1.54) is 10.9 Å². The topological polar surface area (TPSA) is 43.8 Å². The number of halogens is 3. The quantitative estimate of drug-likeness (QED) is 0.377. The van der Waals surface area contributed by atoms with Crippen LogP contribution < -0.4 is 5.32 Å². The number of benzene rings is 1. The van der Waals surface area contributed by atoms with Crippen molar-refractivity contribution < 1.29 is 4.39 Å². The number of nitrogens with zero attached hydrogens (tertiary/aromatic N) is 4. The van der Waals surface area contributed by atoms with E-state index in [1.54, 1.807) is 30.5 Å². The van der Waals surface area contributed by atoms with Gasteiger partial charge in [0.2, 0.25) is 0 Å². The summed E-state index contributed by atoms with van der Waals surface area (Å²) in [6, 6.07) is 4.84. The summed E-state index contributed by atoms with van der Waals surface area (Å²) in [6.45, 7) is 6.60. The molecule has 0 atom stereocenters. The van der Waals surface area contributed by atoms with E-state index in [0.717, 1.165) is 37.1 Å². The van der Waals surface area contributed by atoms with E-state index in [9.17, 15) is 4.39 Å². The fourth-order valence-electron chi connectivity index (χ4n) is 2.99. The second-order valence-corrected chi connectivity index (χ2v) is 7.96. The standard InChI is InChI=1S/C18H23ClFN5S.HI/c1-13-10-22-17(26-13)11-23-18(21-2)25-8-6-24(7-9-25)12-14-15(19)4-3-5-16(14)20;/h3-5,10H,6-9,11-12H2,1-2H3,(H,21,23);1H. The number of hydrogen-bond donors (Lipinski definition) is 1. The van der Waals surface area contributed by atoms with Crippen molar-refractivity contribution in [3.63, 3.8) is 0 Å². The molecule has 1 aliphatic rings. The minimum atomic E-state index is -0.240. The van der Waals surface area contributed by atoms with Crippen LogP contribution in [-0.4, -0.2) is 54.0 Å². The van der Waals surface area contributed by atoms with Crippen molar-refractivity contribution in [2.45, 2.75) is 20.0 Å². The van der Waals surface area contributed by atoms with Gasteiger partial charge in [-0.25, -0.2) is 9.37 Å². The van der Waals surface area contributed by atoms with Crippen molar-refractivity contribution in [2.75, 3.05) is 33.2 Å². The summed E-state index contributed by atoms with van der Waals surface area (Å²) in [6.07, 6.45) is 1.89. The summed E-state index contributed by atoms with van der Waals surface area (Å²) >= 11 is 7.83. The van der Waals surface area contributed by atoms with Gasteiger partial charge in [-0.1, -0.05) is 17.7 Å². The van der Waals surface area contributed by atoms with Crippen LogP contribution in [0.25, 0.3) is 0 Å². The second kappa shape index (κ2) is 10.5. The fraction of sp³-hybridized carbons (Fsp3) is 0.444. The highest BCUT2D eigenvalue weighted by Crippen LogP contribution is 2.21. The molecule has 0 radical (unpaired) electrons. The molecule has 0 saturated carbocycles. The molecule has 3 rings (SSSR count). The van der Waals surface area contributed by atoms with Crippen LogP contribution >= 0.6 is 46.9 Å². The molecular formula is C18H24ClFIN5S. The summed E-state index contributed by atoms with van der Waals surface area (Å²) < 4.78 is 14.0. The van der Waals surface area contributed by atoms with Gasteiger partial charge in [0.1, 0.15) is 10.8 Å². The molecule has 0 aliphatic carbocycles. The molecule has 1 aromatic carbocycles. The number of guanidine groups is 1. The van der Waals surface area contributed by atoms with Gasteiger partial charge in [-0.05, 0) is 19.1 Å². The third-order valence-corrected chi connectivity index (χ3v) is 5.66. The summed E-state index contributed by atoms with van der Waals surface area (Å²) in [5.41, 5.74) is 0.573. The lowest BCUT2D eigenvalue weighted by molar-refractivity contribution is 0.171. The molecule has 1 aliphatic heterocycles. The molecule has 0 unspecified atom stereocenters. The SMILES string of the molecule is CN=C(NCc1ncc(C)s1)N1CCN(Cc2c(F)cccc2Cl)CC1.I. The zero-order valence-electron chi connectivity index (χ0n) is 15.4. The maximum absolute atomic E-state index is 14.0. The summed E-state index contributed by atoms with van der Waals surface area (Å²) in [7, 11) is 1.79. The Morgan fingerprint density at radius 1 is 1.33 bits per heavy atom. The van der Waals surface area contributed by atoms with E-state index in [1.807, 2.05) is 6.20 Å². The zero-order valence-corrected chi connectivity index (χ0v) is 19.3. The second-order valence-electron chi connectivity index (χ2n) is 6.23. The van der Waals surface area contributed by atoms with Crippen LogP contribution in [0.1, 0.15) is 15.4 Å². The first-order valence-corrected chi connectivity index (χ1v) is 9.78. The van der Waals surface area contributed by atoms with Crippen molar-refractivity contribution in [3.8, 4) is 0 Å². The van der Waals surface area contributed by atoms with Crippen LogP contribution in [0.2, 0.25) is 5.02 Å².